The van der Waals surface area contributed by atoms with Gasteiger partial charge in [-0.15, -0.1) is 0 Å². The molecular formula is C12H22N2O4. The van der Waals surface area contributed by atoms with Gasteiger partial charge in [-0.3, -0.25) is 4.79 Å². The van der Waals surface area contributed by atoms with Crippen LogP contribution in [-0.2, 0) is 9.53 Å². The number of carbonyl (C=O) groups excluding carboxylic acids is 1. The van der Waals surface area contributed by atoms with Gasteiger partial charge < -0.3 is 20.1 Å². The van der Waals surface area contributed by atoms with E-state index >= 15 is 0 Å². The van der Waals surface area contributed by atoms with Crippen molar-refractivity contribution in [2.24, 2.45) is 11.8 Å². The number of likely N-dealkylation sites (tertiary alicyclic amines) is 1. The first-order chi connectivity index (χ1) is 8.19. The molecule has 18 heavy (non-hydrogen) atoms. The first kappa shape index (κ1) is 14.8. The van der Waals surface area contributed by atoms with Crippen LogP contribution in [0.25, 0.3) is 0 Å². The Labute approximate surface area is 107 Å². The lowest BCUT2D eigenvalue weighted by Gasteiger charge is -2.21. The van der Waals surface area contributed by atoms with E-state index in [0.717, 1.165) is 0 Å². The van der Waals surface area contributed by atoms with Crippen LogP contribution in [-0.4, -0.2) is 54.4 Å². The zero-order chi connectivity index (χ0) is 13.9. The van der Waals surface area contributed by atoms with Gasteiger partial charge in [0.25, 0.3) is 0 Å². The third kappa shape index (κ3) is 4.52. The Morgan fingerprint density at radius 3 is 2.50 bits per heavy atom. The Kier molecular flexibility index (Phi) is 4.56. The molecule has 0 spiro atoms. The predicted octanol–water partition coefficient (Wildman–Crippen LogP) is 0.773. The van der Waals surface area contributed by atoms with E-state index < -0.39 is 23.6 Å². The van der Waals surface area contributed by atoms with Crippen molar-refractivity contribution in [2.45, 2.75) is 26.4 Å². The van der Waals surface area contributed by atoms with Gasteiger partial charge in [0.15, 0.2) is 0 Å². The van der Waals surface area contributed by atoms with Gasteiger partial charge in [0.05, 0.1) is 5.92 Å². The largest absolute Gasteiger partial charge is 0.481 e. The summed E-state index contributed by atoms with van der Waals surface area (Å²) in [6.07, 6.45) is -0.499. The molecule has 0 bridgehead atoms. The lowest BCUT2D eigenvalue weighted by atomic mass is 9.96. The SMILES string of the molecule is CN1C[C@@H](CNC(=O)OC(C)(C)C)[C@@H](C(=O)O)C1. The van der Waals surface area contributed by atoms with Crippen LogP contribution in [0.1, 0.15) is 20.8 Å². The second-order valence-corrected chi connectivity index (χ2v) is 5.81. The van der Waals surface area contributed by atoms with E-state index in [0.29, 0.717) is 19.6 Å². The number of hydrogen-bond donors (Lipinski definition) is 2. The van der Waals surface area contributed by atoms with Gasteiger partial charge in [0, 0.05) is 25.6 Å². The summed E-state index contributed by atoms with van der Waals surface area (Å²) < 4.78 is 5.11. The number of carboxylic acid groups (broad SMARTS) is 1. The second kappa shape index (κ2) is 5.56. The van der Waals surface area contributed by atoms with Gasteiger partial charge in [-0.05, 0) is 27.8 Å². The molecule has 1 saturated heterocycles. The Morgan fingerprint density at radius 1 is 1.39 bits per heavy atom. The minimum absolute atomic E-state index is 0.0694. The lowest BCUT2D eigenvalue weighted by molar-refractivity contribution is -0.142. The molecule has 0 aromatic rings. The smallest absolute Gasteiger partial charge is 0.407 e. The molecule has 1 fully saturated rings. The maximum Gasteiger partial charge on any atom is 0.407 e. The maximum absolute atomic E-state index is 11.5. The Bertz CT molecular complexity index is 325. The highest BCUT2D eigenvalue weighted by Crippen LogP contribution is 2.21. The fraction of sp³-hybridized carbons (Fsp3) is 0.833. The topological polar surface area (TPSA) is 78.9 Å². The van der Waals surface area contributed by atoms with Crippen molar-refractivity contribution in [2.75, 3.05) is 26.7 Å². The van der Waals surface area contributed by atoms with Crippen molar-refractivity contribution >= 4 is 12.1 Å². The number of alkyl carbamates (subject to hydrolysis) is 1. The fourth-order valence-corrected chi connectivity index (χ4v) is 2.10. The molecule has 0 unspecified atom stereocenters. The molecule has 2 atom stereocenters. The third-order valence-electron chi connectivity index (χ3n) is 2.85. The zero-order valence-corrected chi connectivity index (χ0v) is 11.4. The lowest BCUT2D eigenvalue weighted by Crippen LogP contribution is -2.38. The van der Waals surface area contributed by atoms with Crippen molar-refractivity contribution in [1.82, 2.24) is 10.2 Å². The van der Waals surface area contributed by atoms with E-state index in [1.165, 1.54) is 0 Å². The summed E-state index contributed by atoms with van der Waals surface area (Å²) in [4.78, 5) is 24.5. The normalized spacial score (nSPS) is 24.9. The highest BCUT2D eigenvalue weighted by atomic mass is 16.6. The molecule has 6 heteroatoms. The van der Waals surface area contributed by atoms with E-state index in [4.69, 9.17) is 9.84 Å². The summed E-state index contributed by atoms with van der Waals surface area (Å²) in [6, 6.07) is 0. The van der Waals surface area contributed by atoms with E-state index in [1.54, 1.807) is 20.8 Å². The van der Waals surface area contributed by atoms with Crippen molar-refractivity contribution < 1.29 is 19.4 Å². The van der Waals surface area contributed by atoms with Gasteiger partial charge in [-0.1, -0.05) is 0 Å². The van der Waals surface area contributed by atoms with Crippen LogP contribution in [0.5, 0.6) is 0 Å². The molecule has 0 radical (unpaired) electrons. The summed E-state index contributed by atoms with van der Waals surface area (Å²) in [6.45, 7) is 6.89. The minimum atomic E-state index is -0.810. The molecule has 6 nitrogen and oxygen atoms in total. The maximum atomic E-state index is 11.5. The summed E-state index contributed by atoms with van der Waals surface area (Å²) in [5.74, 6) is -1.31. The summed E-state index contributed by atoms with van der Waals surface area (Å²) >= 11 is 0. The first-order valence-corrected chi connectivity index (χ1v) is 6.07. The van der Waals surface area contributed by atoms with E-state index in [2.05, 4.69) is 5.32 Å². The van der Waals surface area contributed by atoms with Gasteiger partial charge >= 0.3 is 12.1 Å². The third-order valence-corrected chi connectivity index (χ3v) is 2.85. The quantitative estimate of drug-likeness (QED) is 0.782. The Morgan fingerprint density at radius 2 is 2.00 bits per heavy atom. The number of nitrogens with zero attached hydrogens (tertiary/aromatic N) is 1. The molecule has 2 N–H and O–H groups in total. The minimum Gasteiger partial charge on any atom is -0.481 e. The average Bonchev–Trinajstić information content (AvgIpc) is 2.54. The fourth-order valence-electron chi connectivity index (χ4n) is 2.10. The van der Waals surface area contributed by atoms with Crippen LogP contribution in [0.3, 0.4) is 0 Å². The number of carbonyl (C=O) groups is 2. The number of ether oxygens (including phenoxy) is 1. The molecule has 1 rings (SSSR count). The molecule has 1 amide bonds. The Hall–Kier alpha value is -1.30. The highest BCUT2D eigenvalue weighted by Gasteiger charge is 2.36. The first-order valence-electron chi connectivity index (χ1n) is 6.07. The summed E-state index contributed by atoms with van der Waals surface area (Å²) in [7, 11) is 1.88. The second-order valence-electron chi connectivity index (χ2n) is 5.81. The van der Waals surface area contributed by atoms with Crippen molar-refractivity contribution in [3.8, 4) is 0 Å². The van der Waals surface area contributed by atoms with Crippen molar-refractivity contribution in [1.29, 1.82) is 0 Å². The number of nitrogens with one attached hydrogen (secondary N) is 1. The van der Waals surface area contributed by atoms with Crippen LogP contribution in [0.2, 0.25) is 0 Å². The molecule has 104 valence electrons. The predicted molar refractivity (Wildman–Crippen MR) is 66.3 cm³/mol. The number of carboxylic acids is 1. The van der Waals surface area contributed by atoms with Crippen LogP contribution in [0.15, 0.2) is 0 Å². The number of rotatable bonds is 3. The standard InChI is InChI=1S/C12H22N2O4/c1-12(2,3)18-11(17)13-5-8-6-14(4)7-9(8)10(15)16/h8-9H,5-7H2,1-4H3,(H,13,17)(H,15,16)/t8-,9+/m1/s1. The van der Waals surface area contributed by atoms with Crippen LogP contribution in [0.4, 0.5) is 4.79 Å². The number of hydrogen-bond acceptors (Lipinski definition) is 4. The van der Waals surface area contributed by atoms with Crippen LogP contribution >= 0.6 is 0 Å². The highest BCUT2D eigenvalue weighted by molar-refractivity contribution is 5.71. The van der Waals surface area contributed by atoms with Crippen LogP contribution in [0, 0.1) is 11.8 Å². The summed E-state index contributed by atoms with van der Waals surface area (Å²) in [5.41, 5.74) is -0.539. The van der Waals surface area contributed by atoms with E-state index in [9.17, 15) is 9.59 Å². The monoisotopic (exact) mass is 258 g/mol. The Balaban J connectivity index is 2.43. The molecule has 0 aliphatic carbocycles. The molecular weight excluding hydrogens is 236 g/mol. The number of aliphatic carboxylic acids is 1. The van der Waals surface area contributed by atoms with Crippen molar-refractivity contribution in [3.63, 3.8) is 0 Å². The van der Waals surface area contributed by atoms with Gasteiger partial charge in [0.2, 0.25) is 0 Å². The average molecular weight is 258 g/mol. The zero-order valence-electron chi connectivity index (χ0n) is 11.4. The van der Waals surface area contributed by atoms with Gasteiger partial charge in [-0.25, -0.2) is 4.79 Å². The molecule has 1 aliphatic heterocycles. The van der Waals surface area contributed by atoms with Gasteiger partial charge in [-0.2, -0.15) is 0 Å². The van der Waals surface area contributed by atoms with Crippen molar-refractivity contribution in [3.05, 3.63) is 0 Å². The van der Waals surface area contributed by atoms with E-state index in [-0.39, 0.29) is 5.92 Å². The molecule has 1 aliphatic rings. The molecule has 0 aromatic heterocycles. The number of amides is 1. The molecule has 1 heterocycles. The molecule has 0 saturated carbocycles. The van der Waals surface area contributed by atoms with Gasteiger partial charge in [0.1, 0.15) is 5.60 Å². The van der Waals surface area contributed by atoms with Crippen LogP contribution < -0.4 is 5.32 Å². The summed E-state index contributed by atoms with van der Waals surface area (Å²) in [5, 5.41) is 11.7. The molecule has 0 aromatic carbocycles. The van der Waals surface area contributed by atoms with E-state index in [1.807, 2.05) is 11.9 Å².